The quantitative estimate of drug-likeness (QED) is 0.710. The second-order valence-electron chi connectivity index (χ2n) is 4.61. The standard InChI is InChI=1S/C15H20N2O4/c1-19-9-10-20-8-4-7-16-15(18)11-13-12-5-2-3-6-14(12)21-17-13/h2-3,5-6H,4,7-11H2,1H3,(H,16,18). The van der Waals surface area contributed by atoms with E-state index >= 15 is 0 Å². The van der Waals surface area contributed by atoms with Crippen LogP contribution in [0, 0.1) is 0 Å². The van der Waals surface area contributed by atoms with Gasteiger partial charge in [0.05, 0.1) is 19.6 Å². The molecule has 2 rings (SSSR count). The van der Waals surface area contributed by atoms with E-state index in [4.69, 9.17) is 14.0 Å². The third kappa shape index (κ3) is 4.84. The van der Waals surface area contributed by atoms with Crippen LogP contribution in [0.4, 0.5) is 0 Å². The van der Waals surface area contributed by atoms with Crippen molar-refractivity contribution in [2.75, 3.05) is 33.5 Å². The highest BCUT2D eigenvalue weighted by atomic mass is 16.5. The monoisotopic (exact) mass is 292 g/mol. The topological polar surface area (TPSA) is 73.6 Å². The predicted molar refractivity (Wildman–Crippen MR) is 78.0 cm³/mol. The summed E-state index contributed by atoms with van der Waals surface area (Å²) in [5, 5.41) is 7.67. The van der Waals surface area contributed by atoms with Crippen molar-refractivity contribution in [1.29, 1.82) is 0 Å². The number of fused-ring (bicyclic) bond motifs is 1. The predicted octanol–water partition coefficient (Wildman–Crippen LogP) is 1.54. The SMILES string of the molecule is COCCOCCCNC(=O)Cc1noc2ccccc12. The normalized spacial score (nSPS) is 10.9. The summed E-state index contributed by atoms with van der Waals surface area (Å²) in [5.41, 5.74) is 1.37. The van der Waals surface area contributed by atoms with Crippen molar-refractivity contribution in [3.05, 3.63) is 30.0 Å². The molecule has 0 bridgehead atoms. The Balaban J connectivity index is 1.68. The minimum atomic E-state index is -0.0639. The number of para-hydroxylation sites is 1. The Hall–Kier alpha value is -1.92. The first-order valence-electron chi connectivity index (χ1n) is 6.98. The Morgan fingerprint density at radius 1 is 1.29 bits per heavy atom. The first-order chi connectivity index (χ1) is 10.3. The third-order valence-corrected chi connectivity index (χ3v) is 3.00. The van der Waals surface area contributed by atoms with Crippen LogP contribution in [0.5, 0.6) is 0 Å². The van der Waals surface area contributed by atoms with Gasteiger partial charge < -0.3 is 19.3 Å². The lowest BCUT2D eigenvalue weighted by Crippen LogP contribution is -2.27. The van der Waals surface area contributed by atoms with Gasteiger partial charge in [-0.1, -0.05) is 17.3 Å². The second kappa shape index (κ2) is 8.39. The minimum Gasteiger partial charge on any atom is -0.382 e. The molecule has 0 fully saturated rings. The molecule has 0 aliphatic heterocycles. The van der Waals surface area contributed by atoms with Crippen molar-refractivity contribution in [2.24, 2.45) is 0 Å². The Morgan fingerprint density at radius 2 is 2.14 bits per heavy atom. The van der Waals surface area contributed by atoms with Gasteiger partial charge in [-0.3, -0.25) is 4.79 Å². The number of nitrogens with one attached hydrogen (secondary N) is 1. The van der Waals surface area contributed by atoms with Crippen molar-refractivity contribution in [3.63, 3.8) is 0 Å². The maximum atomic E-state index is 11.8. The molecular weight excluding hydrogens is 272 g/mol. The van der Waals surface area contributed by atoms with Gasteiger partial charge in [0.1, 0.15) is 5.69 Å². The van der Waals surface area contributed by atoms with Crippen LogP contribution in [-0.2, 0) is 20.7 Å². The van der Waals surface area contributed by atoms with Crippen LogP contribution in [-0.4, -0.2) is 44.5 Å². The summed E-state index contributed by atoms with van der Waals surface area (Å²) < 4.78 is 15.4. The molecule has 0 aliphatic carbocycles. The molecule has 6 nitrogen and oxygen atoms in total. The molecule has 1 aromatic heterocycles. The van der Waals surface area contributed by atoms with Crippen molar-refractivity contribution in [3.8, 4) is 0 Å². The maximum absolute atomic E-state index is 11.8. The van der Waals surface area contributed by atoms with E-state index in [-0.39, 0.29) is 12.3 Å². The van der Waals surface area contributed by atoms with E-state index in [1.807, 2.05) is 24.3 Å². The summed E-state index contributed by atoms with van der Waals surface area (Å²) in [4.78, 5) is 11.8. The van der Waals surface area contributed by atoms with E-state index in [1.54, 1.807) is 7.11 Å². The van der Waals surface area contributed by atoms with Crippen LogP contribution in [0.3, 0.4) is 0 Å². The smallest absolute Gasteiger partial charge is 0.226 e. The minimum absolute atomic E-state index is 0.0639. The Kier molecular flexibility index (Phi) is 6.18. The summed E-state index contributed by atoms with van der Waals surface area (Å²) in [6, 6.07) is 7.51. The summed E-state index contributed by atoms with van der Waals surface area (Å²) in [7, 11) is 1.64. The average Bonchev–Trinajstić information content (AvgIpc) is 2.90. The van der Waals surface area contributed by atoms with Gasteiger partial charge in [0.25, 0.3) is 0 Å². The van der Waals surface area contributed by atoms with Gasteiger partial charge in [0.2, 0.25) is 5.91 Å². The van der Waals surface area contributed by atoms with Crippen LogP contribution in [0.25, 0.3) is 11.0 Å². The number of ether oxygens (including phenoxy) is 2. The molecular formula is C15H20N2O4. The molecule has 0 saturated heterocycles. The number of benzene rings is 1. The molecule has 0 saturated carbocycles. The zero-order chi connectivity index (χ0) is 14.9. The van der Waals surface area contributed by atoms with Gasteiger partial charge in [-0.25, -0.2) is 0 Å². The van der Waals surface area contributed by atoms with Gasteiger partial charge in [0, 0.05) is 25.6 Å². The Morgan fingerprint density at radius 3 is 3.00 bits per heavy atom. The number of hydrogen-bond acceptors (Lipinski definition) is 5. The number of amides is 1. The zero-order valence-electron chi connectivity index (χ0n) is 12.1. The van der Waals surface area contributed by atoms with Crippen molar-refractivity contribution in [2.45, 2.75) is 12.8 Å². The van der Waals surface area contributed by atoms with Gasteiger partial charge in [-0.2, -0.15) is 0 Å². The third-order valence-electron chi connectivity index (χ3n) is 3.00. The molecule has 1 N–H and O–H groups in total. The molecule has 114 valence electrons. The van der Waals surface area contributed by atoms with E-state index < -0.39 is 0 Å². The molecule has 6 heteroatoms. The average molecular weight is 292 g/mol. The molecule has 1 heterocycles. The van der Waals surface area contributed by atoms with Gasteiger partial charge in [0.15, 0.2) is 5.58 Å². The molecule has 0 radical (unpaired) electrons. The number of carbonyl (C=O) groups is 1. The van der Waals surface area contributed by atoms with Gasteiger partial charge in [-0.15, -0.1) is 0 Å². The lowest BCUT2D eigenvalue weighted by atomic mass is 10.1. The summed E-state index contributed by atoms with van der Waals surface area (Å²) in [5.74, 6) is -0.0639. The lowest BCUT2D eigenvalue weighted by molar-refractivity contribution is -0.120. The summed E-state index contributed by atoms with van der Waals surface area (Å²) in [6.07, 6.45) is 0.997. The van der Waals surface area contributed by atoms with Crippen molar-refractivity contribution >= 4 is 16.9 Å². The summed E-state index contributed by atoms with van der Waals surface area (Å²) >= 11 is 0. The van der Waals surface area contributed by atoms with E-state index in [9.17, 15) is 4.79 Å². The Labute approximate surface area is 123 Å². The van der Waals surface area contributed by atoms with Crippen LogP contribution in [0.1, 0.15) is 12.1 Å². The number of hydrogen-bond donors (Lipinski definition) is 1. The van der Waals surface area contributed by atoms with Crippen LogP contribution < -0.4 is 5.32 Å². The lowest BCUT2D eigenvalue weighted by Gasteiger charge is -2.05. The molecule has 1 aromatic carbocycles. The van der Waals surface area contributed by atoms with Crippen LogP contribution in [0.2, 0.25) is 0 Å². The molecule has 21 heavy (non-hydrogen) atoms. The molecule has 0 aliphatic rings. The number of carbonyl (C=O) groups excluding carboxylic acids is 1. The Bertz CT molecular complexity index is 568. The fourth-order valence-corrected chi connectivity index (χ4v) is 1.93. The fraction of sp³-hybridized carbons (Fsp3) is 0.467. The highest BCUT2D eigenvalue weighted by Crippen LogP contribution is 2.17. The van der Waals surface area contributed by atoms with E-state index in [0.717, 1.165) is 11.8 Å². The maximum Gasteiger partial charge on any atom is 0.226 e. The first kappa shape index (κ1) is 15.5. The van der Waals surface area contributed by atoms with E-state index in [0.29, 0.717) is 37.6 Å². The molecule has 0 spiro atoms. The van der Waals surface area contributed by atoms with Gasteiger partial charge in [-0.05, 0) is 18.6 Å². The molecule has 0 atom stereocenters. The second-order valence-corrected chi connectivity index (χ2v) is 4.61. The van der Waals surface area contributed by atoms with Crippen molar-refractivity contribution in [1.82, 2.24) is 10.5 Å². The fourth-order valence-electron chi connectivity index (χ4n) is 1.93. The summed E-state index contributed by atoms with van der Waals surface area (Å²) in [6.45, 7) is 2.36. The van der Waals surface area contributed by atoms with Crippen LogP contribution >= 0.6 is 0 Å². The first-order valence-corrected chi connectivity index (χ1v) is 6.98. The number of nitrogens with zero attached hydrogens (tertiary/aromatic N) is 1. The number of rotatable bonds is 9. The van der Waals surface area contributed by atoms with E-state index in [2.05, 4.69) is 10.5 Å². The largest absolute Gasteiger partial charge is 0.382 e. The van der Waals surface area contributed by atoms with Crippen molar-refractivity contribution < 1.29 is 18.8 Å². The van der Waals surface area contributed by atoms with E-state index in [1.165, 1.54) is 0 Å². The zero-order valence-corrected chi connectivity index (χ0v) is 12.1. The molecule has 0 unspecified atom stereocenters. The molecule has 2 aromatic rings. The molecule has 1 amide bonds. The highest BCUT2D eigenvalue weighted by molar-refractivity contribution is 5.86. The number of aromatic nitrogens is 1. The van der Waals surface area contributed by atoms with Crippen LogP contribution in [0.15, 0.2) is 28.8 Å². The highest BCUT2D eigenvalue weighted by Gasteiger charge is 2.11. The number of methoxy groups -OCH3 is 1. The van der Waals surface area contributed by atoms with Gasteiger partial charge >= 0.3 is 0 Å².